The van der Waals surface area contributed by atoms with Crippen LogP contribution in [0.15, 0.2) is 41.6 Å². The minimum absolute atomic E-state index is 0.0301. The number of carboxylic acids is 1. The maximum absolute atomic E-state index is 13.3. The number of carboxylic acid groups (broad SMARTS) is 1. The summed E-state index contributed by atoms with van der Waals surface area (Å²) in [7, 11) is 0. The highest BCUT2D eigenvalue weighted by Crippen LogP contribution is 2.39. The van der Waals surface area contributed by atoms with Gasteiger partial charge in [-0.15, -0.1) is 0 Å². The van der Waals surface area contributed by atoms with Gasteiger partial charge < -0.3 is 9.84 Å². The third-order valence-electron chi connectivity index (χ3n) is 3.99. The molecule has 2 rings (SSSR count). The molecular formula is C19H18F3NO4. The Hall–Kier alpha value is -2.90. The van der Waals surface area contributed by atoms with Gasteiger partial charge in [0.15, 0.2) is 0 Å². The Morgan fingerprint density at radius 3 is 2.48 bits per heavy atom. The molecule has 0 saturated heterocycles. The Labute approximate surface area is 153 Å². The summed E-state index contributed by atoms with van der Waals surface area (Å²) in [6, 6.07) is 8.14. The van der Waals surface area contributed by atoms with Crippen molar-refractivity contribution in [2.75, 3.05) is 0 Å². The summed E-state index contributed by atoms with van der Waals surface area (Å²) >= 11 is 0. The Balaban J connectivity index is 2.33. The van der Waals surface area contributed by atoms with Crippen molar-refractivity contribution < 1.29 is 27.8 Å². The van der Waals surface area contributed by atoms with Gasteiger partial charge in [0.05, 0.1) is 5.56 Å². The van der Waals surface area contributed by atoms with E-state index in [1.54, 1.807) is 12.1 Å². The smallest absolute Gasteiger partial charge is 0.419 e. The van der Waals surface area contributed by atoms with E-state index in [1.165, 1.54) is 12.1 Å². The molecule has 2 aromatic carbocycles. The van der Waals surface area contributed by atoms with Gasteiger partial charge in [-0.25, -0.2) is 0 Å². The number of carbonyl (C=O) groups is 1. The lowest BCUT2D eigenvalue weighted by molar-refractivity contribution is -0.139. The van der Waals surface area contributed by atoms with Crippen molar-refractivity contribution in [1.29, 1.82) is 0 Å². The molecule has 0 atom stereocenters. The number of ether oxygens (including phenoxy) is 1. The van der Waals surface area contributed by atoms with Crippen LogP contribution in [0.2, 0.25) is 0 Å². The van der Waals surface area contributed by atoms with E-state index in [0.717, 1.165) is 23.3 Å². The molecule has 0 aromatic heterocycles. The van der Waals surface area contributed by atoms with Gasteiger partial charge in [0.1, 0.15) is 18.0 Å². The van der Waals surface area contributed by atoms with Crippen molar-refractivity contribution in [3.05, 3.63) is 63.6 Å². The molecule has 0 aliphatic rings. The fourth-order valence-corrected chi connectivity index (χ4v) is 2.67. The minimum atomic E-state index is -4.65. The second-order valence-corrected chi connectivity index (χ2v) is 5.90. The molecule has 5 nitrogen and oxygen atoms in total. The zero-order valence-corrected chi connectivity index (χ0v) is 14.5. The Morgan fingerprint density at radius 1 is 1.15 bits per heavy atom. The van der Waals surface area contributed by atoms with Gasteiger partial charge in [0.2, 0.25) is 0 Å². The fraction of sp³-hybridized carbons (Fsp3) is 0.316. The van der Waals surface area contributed by atoms with Crippen LogP contribution in [0.1, 0.15) is 35.6 Å². The molecule has 0 aliphatic carbocycles. The van der Waals surface area contributed by atoms with Gasteiger partial charge in [0.25, 0.3) is 0 Å². The number of aliphatic carboxylic acids is 1. The average molecular weight is 381 g/mol. The molecule has 0 fully saturated rings. The number of hydrogen-bond donors (Lipinski definition) is 1. The van der Waals surface area contributed by atoms with Gasteiger partial charge in [-0.3, -0.25) is 4.79 Å². The second kappa shape index (κ2) is 8.66. The van der Waals surface area contributed by atoms with Crippen LogP contribution < -0.4 is 4.74 Å². The lowest BCUT2D eigenvalue weighted by atomic mass is 10.0. The normalized spacial score (nSPS) is 11.3. The van der Waals surface area contributed by atoms with Crippen LogP contribution in [0.4, 0.5) is 13.2 Å². The van der Waals surface area contributed by atoms with Gasteiger partial charge in [0, 0.05) is 6.42 Å². The van der Waals surface area contributed by atoms with Crippen molar-refractivity contribution in [2.45, 2.75) is 38.9 Å². The van der Waals surface area contributed by atoms with Crippen molar-refractivity contribution in [1.82, 2.24) is 0 Å². The van der Waals surface area contributed by atoms with E-state index in [0.29, 0.717) is 12.8 Å². The van der Waals surface area contributed by atoms with Crippen molar-refractivity contribution in [2.24, 2.45) is 5.18 Å². The van der Waals surface area contributed by atoms with Crippen molar-refractivity contribution in [3.8, 4) is 11.5 Å². The maximum Gasteiger partial charge on any atom is 0.419 e. The molecular weight excluding hydrogens is 363 g/mol. The summed E-state index contributed by atoms with van der Waals surface area (Å²) in [4.78, 5) is 21.0. The van der Waals surface area contributed by atoms with E-state index < -0.39 is 17.7 Å². The molecule has 0 amide bonds. The Bertz CT molecular complexity index is 834. The molecule has 0 heterocycles. The molecule has 0 bridgehead atoms. The van der Waals surface area contributed by atoms with E-state index in [4.69, 9.17) is 9.84 Å². The number of aryl methyl sites for hydroxylation is 2. The van der Waals surface area contributed by atoms with Crippen molar-refractivity contribution >= 4 is 5.97 Å². The lowest BCUT2D eigenvalue weighted by Gasteiger charge is -2.16. The molecule has 144 valence electrons. The number of benzene rings is 2. The number of alkyl halides is 3. The van der Waals surface area contributed by atoms with E-state index in [2.05, 4.69) is 5.18 Å². The first kappa shape index (κ1) is 20.4. The molecule has 2 aromatic rings. The number of nitroso groups, excluding NO2 is 1. The fourth-order valence-electron chi connectivity index (χ4n) is 2.67. The maximum atomic E-state index is 13.3. The van der Waals surface area contributed by atoms with Gasteiger partial charge in [-0.1, -0.05) is 24.2 Å². The number of hydrogen-bond acceptors (Lipinski definition) is 4. The topological polar surface area (TPSA) is 76.0 Å². The van der Waals surface area contributed by atoms with Crippen molar-refractivity contribution in [3.63, 3.8) is 0 Å². The minimum Gasteiger partial charge on any atom is -0.481 e. The van der Waals surface area contributed by atoms with Gasteiger partial charge >= 0.3 is 12.1 Å². The number of nitrogens with zero attached hydrogens (tertiary/aromatic N) is 1. The summed E-state index contributed by atoms with van der Waals surface area (Å²) in [5, 5.41) is 11.4. The first-order valence-corrected chi connectivity index (χ1v) is 8.25. The lowest BCUT2D eigenvalue weighted by Crippen LogP contribution is -2.08. The highest BCUT2D eigenvalue weighted by atomic mass is 19.4. The highest BCUT2D eigenvalue weighted by Gasteiger charge is 2.35. The molecule has 0 radical (unpaired) electrons. The molecule has 0 spiro atoms. The monoisotopic (exact) mass is 381 g/mol. The second-order valence-electron chi connectivity index (χ2n) is 5.90. The Morgan fingerprint density at radius 2 is 1.89 bits per heavy atom. The zero-order valence-electron chi connectivity index (χ0n) is 14.5. The average Bonchev–Trinajstić information content (AvgIpc) is 2.61. The number of rotatable bonds is 8. The standard InChI is InChI=1S/C19H18F3NO4/c1-2-13-10-15(6-4-14(13)5-8-18(24)25)27-17-7-3-12(11-23-26)9-16(17)19(20,21)22/h3-4,6-7,9-10H,2,5,8,11H2,1H3,(H,24,25). The number of halogens is 3. The zero-order chi connectivity index (χ0) is 20.0. The van der Waals surface area contributed by atoms with E-state index in [9.17, 15) is 22.9 Å². The van der Waals surface area contributed by atoms with Crippen LogP contribution >= 0.6 is 0 Å². The summed E-state index contributed by atoms with van der Waals surface area (Å²) in [6.45, 7) is 1.51. The van der Waals surface area contributed by atoms with Crippen LogP contribution in [0, 0.1) is 4.91 Å². The SMILES string of the molecule is CCc1cc(Oc2ccc(CN=O)cc2C(F)(F)F)ccc1CCC(=O)O. The Kier molecular flexibility index (Phi) is 6.55. The molecule has 0 unspecified atom stereocenters. The van der Waals surface area contributed by atoms with E-state index in [1.807, 2.05) is 6.92 Å². The molecule has 27 heavy (non-hydrogen) atoms. The molecule has 8 heteroatoms. The predicted octanol–water partition coefficient (Wildman–Crippen LogP) is 5.34. The third kappa shape index (κ3) is 5.54. The molecule has 0 aliphatic heterocycles. The van der Waals surface area contributed by atoms with Crippen LogP contribution in [-0.4, -0.2) is 11.1 Å². The van der Waals surface area contributed by atoms with Crippen LogP contribution in [0.3, 0.4) is 0 Å². The van der Waals surface area contributed by atoms with Gasteiger partial charge in [-0.2, -0.15) is 18.1 Å². The van der Waals surface area contributed by atoms with Gasteiger partial charge in [-0.05, 0) is 53.8 Å². The molecule has 1 N–H and O–H groups in total. The molecule has 0 saturated carbocycles. The van der Waals surface area contributed by atoms with Crippen LogP contribution in [-0.2, 0) is 30.4 Å². The van der Waals surface area contributed by atoms with Crippen LogP contribution in [0.25, 0.3) is 0 Å². The summed E-state index contributed by atoms with van der Waals surface area (Å²) in [6.07, 6.45) is -3.76. The summed E-state index contributed by atoms with van der Waals surface area (Å²) < 4.78 is 45.4. The van der Waals surface area contributed by atoms with Crippen LogP contribution in [0.5, 0.6) is 11.5 Å². The van der Waals surface area contributed by atoms with E-state index in [-0.39, 0.29) is 30.0 Å². The van der Waals surface area contributed by atoms with E-state index >= 15 is 0 Å². The predicted molar refractivity (Wildman–Crippen MR) is 92.8 cm³/mol. The summed E-state index contributed by atoms with van der Waals surface area (Å²) in [5.74, 6) is -1.08. The summed E-state index contributed by atoms with van der Waals surface area (Å²) in [5.41, 5.74) is 0.777. The third-order valence-corrected chi connectivity index (χ3v) is 3.99. The quantitative estimate of drug-likeness (QED) is 0.626. The first-order valence-electron chi connectivity index (χ1n) is 8.25. The first-order chi connectivity index (χ1) is 12.7. The highest BCUT2D eigenvalue weighted by molar-refractivity contribution is 5.67. The largest absolute Gasteiger partial charge is 0.481 e.